The smallest absolute Gasteiger partial charge is 0.251 e. The lowest BCUT2D eigenvalue weighted by Crippen LogP contribution is -2.32. The molecule has 0 saturated carbocycles. The van der Waals surface area contributed by atoms with Crippen LogP contribution in [0, 0.1) is 0 Å². The molecular formula is C21H32ClN3O4S. The third-order valence-corrected chi connectivity index (χ3v) is 7.55. The maximum atomic E-state index is 12.7. The van der Waals surface area contributed by atoms with Gasteiger partial charge in [0.15, 0.2) is 0 Å². The Hall–Kier alpha value is -1.19. The molecular weight excluding hydrogens is 426 g/mol. The van der Waals surface area contributed by atoms with Gasteiger partial charge in [-0.1, -0.05) is 24.4 Å². The molecule has 2 aliphatic rings. The fourth-order valence-electron chi connectivity index (χ4n) is 3.90. The Balaban J connectivity index is 1.52. The summed E-state index contributed by atoms with van der Waals surface area (Å²) in [6.45, 7) is 4.63. The van der Waals surface area contributed by atoms with Crippen LogP contribution in [0.1, 0.15) is 55.3 Å². The summed E-state index contributed by atoms with van der Waals surface area (Å²) in [5, 5.41) is 2.98. The number of carbonyl (C=O) groups excluding carboxylic acids is 1. The first-order valence-corrected chi connectivity index (χ1v) is 12.7. The predicted molar refractivity (Wildman–Crippen MR) is 117 cm³/mol. The minimum absolute atomic E-state index is 0.0839. The first-order chi connectivity index (χ1) is 14.5. The Morgan fingerprint density at radius 1 is 1.17 bits per heavy atom. The summed E-state index contributed by atoms with van der Waals surface area (Å²) in [5.74, 6) is -0.293. The van der Waals surface area contributed by atoms with Crippen LogP contribution >= 0.6 is 11.6 Å². The van der Waals surface area contributed by atoms with E-state index in [4.69, 9.17) is 16.3 Å². The van der Waals surface area contributed by atoms with Crippen molar-refractivity contribution in [3.05, 3.63) is 28.8 Å². The molecule has 168 valence electrons. The van der Waals surface area contributed by atoms with E-state index in [1.807, 2.05) is 0 Å². The van der Waals surface area contributed by atoms with Crippen LogP contribution in [0.15, 0.2) is 23.1 Å². The molecule has 1 aromatic carbocycles. The summed E-state index contributed by atoms with van der Waals surface area (Å²) >= 11 is 6.12. The number of sulfonamides is 1. The van der Waals surface area contributed by atoms with Gasteiger partial charge in [0.05, 0.1) is 11.1 Å². The maximum Gasteiger partial charge on any atom is 0.251 e. The van der Waals surface area contributed by atoms with E-state index in [-0.39, 0.29) is 34.0 Å². The second kappa shape index (κ2) is 11.4. The Morgan fingerprint density at radius 2 is 1.93 bits per heavy atom. The number of halogens is 1. The standard InChI is InChI=1S/C21H32ClN3O4S/c22-19-9-8-17(15-20(19)30(27,28)24-16-18-7-5-14-29-18)21(26)23-10-6-13-25-11-3-1-2-4-12-25/h8-9,15,18,24H,1-7,10-14,16H2,(H,23,26). The van der Waals surface area contributed by atoms with Gasteiger partial charge in [-0.25, -0.2) is 13.1 Å². The molecule has 2 aliphatic heterocycles. The Kier molecular flexibility index (Phi) is 8.95. The number of hydrogen-bond acceptors (Lipinski definition) is 5. The normalized spacial score (nSPS) is 20.8. The quantitative estimate of drug-likeness (QED) is 0.557. The van der Waals surface area contributed by atoms with E-state index < -0.39 is 10.0 Å². The van der Waals surface area contributed by atoms with E-state index in [1.165, 1.54) is 37.8 Å². The van der Waals surface area contributed by atoms with Gasteiger partial charge in [-0.2, -0.15) is 0 Å². The lowest BCUT2D eigenvalue weighted by molar-refractivity contribution is 0.0951. The van der Waals surface area contributed by atoms with Crippen molar-refractivity contribution in [2.45, 2.75) is 55.9 Å². The van der Waals surface area contributed by atoms with Gasteiger partial charge in [0.25, 0.3) is 5.91 Å². The molecule has 7 nitrogen and oxygen atoms in total. The van der Waals surface area contributed by atoms with Crippen molar-refractivity contribution in [1.29, 1.82) is 0 Å². The molecule has 2 fully saturated rings. The molecule has 0 aliphatic carbocycles. The number of hydrogen-bond donors (Lipinski definition) is 2. The van der Waals surface area contributed by atoms with Crippen molar-refractivity contribution >= 4 is 27.5 Å². The molecule has 3 rings (SSSR count). The van der Waals surface area contributed by atoms with Crippen LogP contribution in [0.2, 0.25) is 5.02 Å². The molecule has 0 aromatic heterocycles. The molecule has 0 radical (unpaired) electrons. The van der Waals surface area contributed by atoms with Gasteiger partial charge in [-0.15, -0.1) is 0 Å². The van der Waals surface area contributed by atoms with Crippen LogP contribution in [0.4, 0.5) is 0 Å². The lowest BCUT2D eigenvalue weighted by Gasteiger charge is -2.19. The van der Waals surface area contributed by atoms with Crippen molar-refractivity contribution in [2.75, 3.05) is 39.3 Å². The van der Waals surface area contributed by atoms with Crippen molar-refractivity contribution in [1.82, 2.24) is 14.9 Å². The minimum atomic E-state index is -3.83. The average Bonchev–Trinajstić information content (AvgIpc) is 3.12. The molecule has 2 N–H and O–H groups in total. The van der Waals surface area contributed by atoms with Crippen LogP contribution in [0.25, 0.3) is 0 Å². The van der Waals surface area contributed by atoms with Gasteiger partial charge in [-0.3, -0.25) is 4.79 Å². The summed E-state index contributed by atoms with van der Waals surface area (Å²) in [6.07, 6.45) is 7.61. The number of rotatable bonds is 9. The Labute approximate surface area is 184 Å². The Morgan fingerprint density at radius 3 is 2.63 bits per heavy atom. The molecule has 0 spiro atoms. The molecule has 1 amide bonds. The zero-order chi connectivity index (χ0) is 21.4. The van der Waals surface area contributed by atoms with Crippen LogP contribution in [-0.2, 0) is 14.8 Å². The Bertz CT molecular complexity index is 804. The largest absolute Gasteiger partial charge is 0.377 e. The van der Waals surface area contributed by atoms with Crippen LogP contribution in [0.5, 0.6) is 0 Å². The molecule has 1 atom stereocenters. The second-order valence-corrected chi connectivity index (χ2v) is 10.1. The molecule has 2 saturated heterocycles. The molecule has 9 heteroatoms. The average molecular weight is 458 g/mol. The number of ether oxygens (including phenoxy) is 1. The van der Waals surface area contributed by atoms with E-state index in [0.717, 1.165) is 38.9 Å². The number of likely N-dealkylation sites (tertiary alicyclic amines) is 1. The lowest BCUT2D eigenvalue weighted by atomic mass is 10.2. The first-order valence-electron chi connectivity index (χ1n) is 10.9. The summed E-state index contributed by atoms with van der Waals surface area (Å²) in [4.78, 5) is 14.9. The highest BCUT2D eigenvalue weighted by molar-refractivity contribution is 7.89. The molecule has 0 bridgehead atoms. The van der Waals surface area contributed by atoms with Gasteiger partial charge in [0.1, 0.15) is 4.90 Å². The number of nitrogens with zero attached hydrogens (tertiary/aromatic N) is 1. The third kappa shape index (κ3) is 6.92. The first kappa shape index (κ1) is 23.5. The van der Waals surface area contributed by atoms with Crippen molar-refractivity contribution < 1.29 is 17.9 Å². The summed E-state index contributed by atoms with van der Waals surface area (Å²) in [5.41, 5.74) is 0.284. The van der Waals surface area contributed by atoms with Crippen LogP contribution in [-0.4, -0.2) is 64.7 Å². The summed E-state index contributed by atoms with van der Waals surface area (Å²) in [6, 6.07) is 4.34. The molecule has 2 heterocycles. The van der Waals surface area contributed by atoms with Crippen molar-refractivity contribution in [2.24, 2.45) is 0 Å². The van der Waals surface area contributed by atoms with Gasteiger partial charge in [-0.05, 0) is 69.9 Å². The fraction of sp³-hybridized carbons (Fsp3) is 0.667. The highest BCUT2D eigenvalue weighted by Crippen LogP contribution is 2.23. The van der Waals surface area contributed by atoms with E-state index in [1.54, 1.807) is 6.07 Å². The number of benzene rings is 1. The van der Waals surface area contributed by atoms with Gasteiger partial charge in [0, 0.05) is 25.3 Å². The van der Waals surface area contributed by atoms with E-state index in [2.05, 4.69) is 14.9 Å². The van der Waals surface area contributed by atoms with Gasteiger partial charge >= 0.3 is 0 Å². The van der Waals surface area contributed by atoms with Crippen LogP contribution < -0.4 is 10.0 Å². The third-order valence-electron chi connectivity index (χ3n) is 5.64. The maximum absolute atomic E-state index is 12.7. The predicted octanol–water partition coefficient (Wildman–Crippen LogP) is 2.79. The fourth-order valence-corrected chi connectivity index (χ4v) is 5.49. The number of nitrogens with one attached hydrogen (secondary N) is 2. The van der Waals surface area contributed by atoms with Crippen molar-refractivity contribution in [3.8, 4) is 0 Å². The highest BCUT2D eigenvalue weighted by atomic mass is 35.5. The molecule has 30 heavy (non-hydrogen) atoms. The molecule has 1 unspecified atom stereocenters. The highest BCUT2D eigenvalue weighted by Gasteiger charge is 2.23. The van der Waals surface area contributed by atoms with Crippen molar-refractivity contribution in [3.63, 3.8) is 0 Å². The van der Waals surface area contributed by atoms with Gasteiger partial charge in [0.2, 0.25) is 10.0 Å². The van der Waals surface area contributed by atoms with E-state index >= 15 is 0 Å². The monoisotopic (exact) mass is 457 g/mol. The zero-order valence-corrected chi connectivity index (χ0v) is 18.9. The minimum Gasteiger partial charge on any atom is -0.377 e. The van der Waals surface area contributed by atoms with Gasteiger partial charge < -0.3 is 15.0 Å². The molecule has 1 aromatic rings. The van der Waals surface area contributed by atoms with E-state index in [9.17, 15) is 13.2 Å². The van der Waals surface area contributed by atoms with E-state index in [0.29, 0.717) is 13.2 Å². The SMILES string of the molecule is O=C(NCCCN1CCCCCC1)c1ccc(Cl)c(S(=O)(=O)NCC2CCCO2)c1. The number of amides is 1. The van der Waals surface area contributed by atoms with Crippen LogP contribution in [0.3, 0.4) is 0 Å². The zero-order valence-electron chi connectivity index (χ0n) is 17.4. The topological polar surface area (TPSA) is 87.7 Å². The summed E-state index contributed by atoms with van der Waals surface area (Å²) in [7, 11) is -3.83. The summed E-state index contributed by atoms with van der Waals surface area (Å²) < 4.78 is 33.3. The second-order valence-electron chi connectivity index (χ2n) is 8.00. The number of carbonyl (C=O) groups is 1.